The van der Waals surface area contributed by atoms with E-state index in [1.54, 1.807) is 0 Å². The summed E-state index contributed by atoms with van der Waals surface area (Å²) in [6.45, 7) is 0. The lowest BCUT2D eigenvalue weighted by Crippen LogP contribution is -2.32. The van der Waals surface area contributed by atoms with E-state index in [9.17, 15) is 0 Å². The maximum atomic E-state index is 5.89. The molecule has 5 aromatic carbocycles. The number of benzene rings is 5. The Hall–Kier alpha value is -4.30. The summed E-state index contributed by atoms with van der Waals surface area (Å²) < 4.78 is 0. The first-order valence-electron chi connectivity index (χ1n) is 14.5. The molecule has 40 heavy (non-hydrogen) atoms. The Bertz CT molecular complexity index is 1420. The van der Waals surface area contributed by atoms with Gasteiger partial charge < -0.3 is 11.5 Å². The van der Waals surface area contributed by atoms with Crippen LogP contribution in [-0.4, -0.2) is 0 Å². The molecule has 2 nitrogen and oxygen atoms in total. The number of hydrogen-bond acceptors (Lipinski definition) is 2. The van der Waals surface area contributed by atoms with Crippen LogP contribution in [0, 0.1) is 0 Å². The Kier molecular flexibility index (Phi) is 7.42. The molecule has 5 aromatic rings. The monoisotopic (exact) mass is 522 g/mol. The van der Waals surface area contributed by atoms with E-state index in [1.807, 2.05) is 24.3 Å². The molecule has 0 amide bonds. The Morgan fingerprint density at radius 1 is 0.475 bits per heavy atom. The quantitative estimate of drug-likeness (QED) is 0.210. The van der Waals surface area contributed by atoms with Crippen LogP contribution < -0.4 is 11.5 Å². The highest BCUT2D eigenvalue weighted by atomic mass is 14.5. The second-order valence-corrected chi connectivity index (χ2v) is 11.5. The fourth-order valence-electron chi connectivity index (χ4n) is 6.54. The van der Waals surface area contributed by atoms with Crippen LogP contribution >= 0.6 is 0 Å². The number of rotatable bonds is 7. The summed E-state index contributed by atoms with van der Waals surface area (Å²) in [6.07, 6.45) is 6.55. The standard InChI is InChI=1S/C38H38N2/c39-36-18-10-30(11-19-36)26-28-6-14-34(15-7-28)38(24-22-33(23-25-38)32-4-2-1-3-5-32)35-16-8-29(9-17-35)27-31-12-20-37(40)21-13-31/h1-21,33H,22-27,39-40H2. The van der Waals surface area contributed by atoms with Crippen molar-refractivity contribution < 1.29 is 0 Å². The van der Waals surface area contributed by atoms with Crippen LogP contribution in [0.1, 0.15) is 70.5 Å². The predicted molar refractivity (Wildman–Crippen MR) is 169 cm³/mol. The molecule has 1 aliphatic carbocycles. The van der Waals surface area contributed by atoms with Gasteiger partial charge in [-0.3, -0.25) is 0 Å². The molecule has 0 spiro atoms. The maximum Gasteiger partial charge on any atom is 0.0314 e. The molecular formula is C38H38N2. The molecule has 1 saturated carbocycles. The van der Waals surface area contributed by atoms with Crippen LogP contribution in [0.4, 0.5) is 11.4 Å². The van der Waals surface area contributed by atoms with E-state index in [2.05, 4.69) is 103 Å². The van der Waals surface area contributed by atoms with Crippen molar-refractivity contribution in [3.8, 4) is 0 Å². The molecule has 1 fully saturated rings. The summed E-state index contributed by atoms with van der Waals surface area (Å²) in [5.74, 6) is 0.629. The van der Waals surface area contributed by atoms with Gasteiger partial charge in [-0.05, 0) is 108 Å². The summed E-state index contributed by atoms with van der Waals surface area (Å²) in [6, 6.07) is 46.4. The molecule has 0 unspecified atom stereocenters. The first-order valence-corrected chi connectivity index (χ1v) is 14.5. The number of nitrogens with two attached hydrogens (primary N) is 2. The molecular weight excluding hydrogens is 484 g/mol. The van der Waals surface area contributed by atoms with E-state index in [0.717, 1.165) is 37.1 Å². The lowest BCUT2D eigenvalue weighted by molar-refractivity contribution is 0.315. The van der Waals surface area contributed by atoms with Gasteiger partial charge in [0.05, 0.1) is 0 Å². The van der Waals surface area contributed by atoms with Crippen LogP contribution in [-0.2, 0) is 18.3 Å². The second-order valence-electron chi connectivity index (χ2n) is 11.5. The van der Waals surface area contributed by atoms with E-state index in [1.165, 1.54) is 51.8 Å². The molecule has 6 rings (SSSR count). The summed E-state index contributed by atoms with van der Waals surface area (Å²) in [7, 11) is 0. The molecule has 2 heteroatoms. The number of hydrogen-bond donors (Lipinski definition) is 2. The molecule has 200 valence electrons. The van der Waals surface area contributed by atoms with Crippen LogP contribution in [0.5, 0.6) is 0 Å². The molecule has 0 aromatic heterocycles. The fraction of sp³-hybridized carbons (Fsp3) is 0.211. The van der Waals surface area contributed by atoms with Crippen molar-refractivity contribution in [3.05, 3.63) is 166 Å². The zero-order valence-corrected chi connectivity index (χ0v) is 23.1. The van der Waals surface area contributed by atoms with E-state index >= 15 is 0 Å². The van der Waals surface area contributed by atoms with Gasteiger partial charge in [-0.15, -0.1) is 0 Å². The van der Waals surface area contributed by atoms with E-state index < -0.39 is 0 Å². The predicted octanol–water partition coefficient (Wildman–Crippen LogP) is 8.68. The van der Waals surface area contributed by atoms with Gasteiger partial charge in [0.25, 0.3) is 0 Å². The Balaban J connectivity index is 1.27. The second kappa shape index (κ2) is 11.4. The highest BCUT2D eigenvalue weighted by Crippen LogP contribution is 2.49. The van der Waals surface area contributed by atoms with Crippen LogP contribution in [0.2, 0.25) is 0 Å². The molecule has 0 aliphatic heterocycles. The Labute approximate surface area is 238 Å². The molecule has 0 saturated heterocycles. The summed E-state index contributed by atoms with van der Waals surface area (Å²) >= 11 is 0. The van der Waals surface area contributed by atoms with E-state index in [4.69, 9.17) is 11.5 Å². The van der Waals surface area contributed by atoms with Crippen molar-refractivity contribution in [3.63, 3.8) is 0 Å². The zero-order chi connectivity index (χ0) is 27.4. The molecule has 0 atom stereocenters. The third-order valence-corrected chi connectivity index (χ3v) is 8.90. The summed E-state index contributed by atoms with van der Waals surface area (Å²) in [5.41, 5.74) is 23.0. The topological polar surface area (TPSA) is 52.0 Å². The van der Waals surface area contributed by atoms with Crippen molar-refractivity contribution in [2.75, 3.05) is 11.5 Å². The summed E-state index contributed by atoms with van der Waals surface area (Å²) in [5, 5.41) is 0. The fourth-order valence-corrected chi connectivity index (χ4v) is 6.54. The van der Waals surface area contributed by atoms with Crippen molar-refractivity contribution >= 4 is 11.4 Å². The van der Waals surface area contributed by atoms with Crippen molar-refractivity contribution in [1.29, 1.82) is 0 Å². The van der Waals surface area contributed by atoms with Gasteiger partial charge in [0, 0.05) is 16.8 Å². The first-order chi connectivity index (χ1) is 19.6. The lowest BCUT2D eigenvalue weighted by Gasteiger charge is -2.42. The first kappa shape index (κ1) is 26.0. The van der Waals surface area contributed by atoms with Crippen LogP contribution in [0.3, 0.4) is 0 Å². The number of nitrogen functional groups attached to an aromatic ring is 2. The van der Waals surface area contributed by atoms with Gasteiger partial charge >= 0.3 is 0 Å². The lowest BCUT2D eigenvalue weighted by atomic mass is 9.62. The minimum atomic E-state index is 0.0325. The molecule has 0 radical (unpaired) electrons. The third kappa shape index (κ3) is 5.67. The highest BCUT2D eigenvalue weighted by molar-refractivity contribution is 5.46. The third-order valence-electron chi connectivity index (χ3n) is 8.90. The minimum absolute atomic E-state index is 0.0325. The van der Waals surface area contributed by atoms with Crippen molar-refractivity contribution in [2.45, 2.75) is 49.9 Å². The molecule has 1 aliphatic rings. The van der Waals surface area contributed by atoms with Crippen molar-refractivity contribution in [2.24, 2.45) is 0 Å². The van der Waals surface area contributed by atoms with Crippen molar-refractivity contribution in [1.82, 2.24) is 0 Å². The average Bonchev–Trinajstić information content (AvgIpc) is 3.01. The van der Waals surface area contributed by atoms with Crippen LogP contribution in [0.15, 0.2) is 127 Å². The summed E-state index contributed by atoms with van der Waals surface area (Å²) in [4.78, 5) is 0. The Morgan fingerprint density at radius 3 is 1.25 bits per heavy atom. The van der Waals surface area contributed by atoms with Gasteiger partial charge in [0.15, 0.2) is 0 Å². The molecule has 0 heterocycles. The van der Waals surface area contributed by atoms with E-state index in [-0.39, 0.29) is 5.41 Å². The van der Waals surface area contributed by atoms with Gasteiger partial charge in [-0.1, -0.05) is 103 Å². The van der Waals surface area contributed by atoms with Gasteiger partial charge in [-0.25, -0.2) is 0 Å². The largest absolute Gasteiger partial charge is 0.399 e. The molecule has 0 bridgehead atoms. The smallest absolute Gasteiger partial charge is 0.0314 e. The van der Waals surface area contributed by atoms with E-state index in [0.29, 0.717) is 5.92 Å². The van der Waals surface area contributed by atoms with Gasteiger partial charge in [-0.2, -0.15) is 0 Å². The van der Waals surface area contributed by atoms with Gasteiger partial charge in [0.1, 0.15) is 0 Å². The normalized spacial score (nSPS) is 15.1. The maximum absolute atomic E-state index is 5.89. The highest BCUT2D eigenvalue weighted by Gasteiger charge is 2.38. The number of anilines is 2. The van der Waals surface area contributed by atoms with Gasteiger partial charge in [0.2, 0.25) is 0 Å². The SMILES string of the molecule is Nc1ccc(Cc2ccc(C3(c4ccc(Cc5ccc(N)cc5)cc4)CCC(c4ccccc4)CC3)cc2)cc1. The van der Waals surface area contributed by atoms with Crippen LogP contribution in [0.25, 0.3) is 0 Å². The zero-order valence-electron chi connectivity index (χ0n) is 23.1. The minimum Gasteiger partial charge on any atom is -0.399 e. The molecule has 4 N–H and O–H groups in total. The Morgan fingerprint density at radius 2 is 0.850 bits per heavy atom. The average molecular weight is 523 g/mol.